The Hall–Kier alpha value is -5.11. The predicted octanol–water partition coefficient (Wildman–Crippen LogP) is 5.05. The number of aliphatic hydroxyl groups is 1. The Morgan fingerprint density at radius 3 is 2.40 bits per heavy atom. The summed E-state index contributed by atoms with van der Waals surface area (Å²) in [6.45, 7) is 9.99. The lowest BCUT2D eigenvalue weighted by Gasteiger charge is -2.30. The third kappa shape index (κ3) is 14.7. The number of benzene rings is 1. The number of fused-ring (bicyclic) bond motifs is 2. The van der Waals surface area contributed by atoms with Gasteiger partial charge in [0.25, 0.3) is 5.91 Å². The number of primary amides is 1. The second kappa shape index (κ2) is 23.2. The van der Waals surface area contributed by atoms with Crippen LogP contribution >= 0.6 is 0 Å². The number of Topliss-reactive ketones (excluding diaryl/α,β-unsaturated/α-hetero) is 1. The first kappa shape index (κ1) is 46.3. The van der Waals surface area contributed by atoms with Crippen molar-refractivity contribution in [1.82, 2.24) is 16.0 Å². The van der Waals surface area contributed by atoms with Gasteiger partial charge >= 0.3 is 6.09 Å². The highest BCUT2D eigenvalue weighted by molar-refractivity contribution is 6.23. The van der Waals surface area contributed by atoms with Gasteiger partial charge in [0.05, 0.1) is 23.6 Å². The molecule has 0 aromatic heterocycles. The summed E-state index contributed by atoms with van der Waals surface area (Å²) in [7, 11) is 2.93. The number of allylic oxidation sites excluding steroid dienone is 4. The number of unbranched alkanes of at least 4 members (excludes halogenated alkanes) is 3. The molecular weight excluding hydrogens is 729 g/mol. The Labute approximate surface area is 336 Å². The van der Waals surface area contributed by atoms with Crippen LogP contribution in [0.1, 0.15) is 77.3 Å². The summed E-state index contributed by atoms with van der Waals surface area (Å²) < 4.78 is 16.7. The van der Waals surface area contributed by atoms with Crippen LogP contribution in [0.3, 0.4) is 0 Å². The molecule has 1 aromatic carbocycles. The highest BCUT2D eigenvalue weighted by Crippen LogP contribution is 2.29. The minimum absolute atomic E-state index is 0.135. The maximum Gasteiger partial charge on any atom is 0.405 e. The number of ketones is 2. The van der Waals surface area contributed by atoms with Gasteiger partial charge in [-0.3, -0.25) is 19.2 Å². The molecule has 1 aliphatic carbocycles. The van der Waals surface area contributed by atoms with E-state index in [0.29, 0.717) is 25.1 Å². The minimum Gasteiger partial charge on any atom is -0.439 e. The minimum atomic E-state index is -1.01. The Bertz CT molecular complexity index is 1790. The van der Waals surface area contributed by atoms with Gasteiger partial charge in [0.2, 0.25) is 17.5 Å². The number of aryl methyl sites for hydroxylation is 1. The molecule has 57 heavy (non-hydrogen) atoms. The highest BCUT2D eigenvalue weighted by Gasteiger charge is 2.33. The molecule has 0 radical (unpaired) electrons. The summed E-state index contributed by atoms with van der Waals surface area (Å²) in [6, 6.07) is 7.90. The number of rotatable bonds is 13. The number of carbonyl (C=O) groups excluding carboxylic acids is 5. The van der Waals surface area contributed by atoms with Crippen LogP contribution < -0.4 is 21.7 Å². The average Bonchev–Trinajstić information content (AvgIpc) is 3.16. The van der Waals surface area contributed by atoms with E-state index in [9.17, 15) is 29.1 Å². The molecule has 6 atom stereocenters. The Morgan fingerprint density at radius 1 is 1.02 bits per heavy atom. The first-order valence-electron chi connectivity index (χ1n) is 19.5. The molecule has 3 amide bonds. The van der Waals surface area contributed by atoms with Crippen LogP contribution in [-0.2, 0) is 33.4 Å². The predicted molar refractivity (Wildman–Crippen MR) is 219 cm³/mol. The molecule has 1 aliphatic heterocycles. The molecular formula is C44H60N4O9. The molecule has 2 aliphatic rings. The molecule has 6 N–H and O–H groups in total. The third-order valence-electron chi connectivity index (χ3n) is 9.97. The first-order chi connectivity index (χ1) is 27.1. The van der Waals surface area contributed by atoms with Crippen molar-refractivity contribution in [2.75, 3.05) is 27.3 Å². The van der Waals surface area contributed by atoms with Gasteiger partial charge < -0.3 is 41.0 Å². The van der Waals surface area contributed by atoms with E-state index < -0.39 is 53.9 Å². The largest absolute Gasteiger partial charge is 0.439 e. The molecule has 0 saturated carbocycles. The van der Waals surface area contributed by atoms with Crippen LogP contribution in [0.25, 0.3) is 6.08 Å². The monoisotopic (exact) mass is 788 g/mol. The number of hydrogen-bond donors (Lipinski definition) is 5. The lowest BCUT2D eigenvalue weighted by Crippen LogP contribution is -2.38. The van der Waals surface area contributed by atoms with Gasteiger partial charge in [-0.05, 0) is 69.6 Å². The van der Waals surface area contributed by atoms with E-state index in [1.54, 1.807) is 38.2 Å². The molecule has 310 valence electrons. The van der Waals surface area contributed by atoms with E-state index in [-0.39, 0.29) is 40.8 Å². The van der Waals surface area contributed by atoms with Crippen molar-refractivity contribution in [3.05, 3.63) is 100.0 Å². The summed E-state index contributed by atoms with van der Waals surface area (Å²) in [5.41, 5.74) is 8.59. The molecule has 0 spiro atoms. The van der Waals surface area contributed by atoms with Crippen molar-refractivity contribution in [3.63, 3.8) is 0 Å². The van der Waals surface area contributed by atoms with Crippen LogP contribution in [0.5, 0.6) is 0 Å². The van der Waals surface area contributed by atoms with Gasteiger partial charge in [-0.2, -0.15) is 0 Å². The van der Waals surface area contributed by atoms with E-state index in [4.69, 9.17) is 19.9 Å². The maximum absolute atomic E-state index is 14.0. The van der Waals surface area contributed by atoms with Crippen molar-refractivity contribution in [2.45, 2.75) is 97.6 Å². The zero-order valence-electron chi connectivity index (χ0n) is 34.3. The third-order valence-corrected chi connectivity index (χ3v) is 9.97. The van der Waals surface area contributed by atoms with Crippen LogP contribution in [-0.4, -0.2) is 86.3 Å². The second-order valence-electron chi connectivity index (χ2n) is 14.8. The quantitative estimate of drug-likeness (QED) is 0.0782. The fourth-order valence-electron chi connectivity index (χ4n) is 6.81. The lowest BCUT2D eigenvalue weighted by atomic mass is 9.85. The number of nitrogens with one attached hydrogen (secondary N) is 3. The van der Waals surface area contributed by atoms with Crippen LogP contribution in [0.4, 0.5) is 4.79 Å². The average molecular weight is 789 g/mol. The van der Waals surface area contributed by atoms with E-state index in [0.717, 1.165) is 42.9 Å². The molecule has 13 nitrogen and oxygen atoms in total. The number of aliphatic hydroxyl groups excluding tert-OH is 1. The van der Waals surface area contributed by atoms with E-state index in [2.05, 4.69) is 16.0 Å². The molecule has 1 heterocycles. The fourth-order valence-corrected chi connectivity index (χ4v) is 6.81. The van der Waals surface area contributed by atoms with Gasteiger partial charge in [-0.1, -0.05) is 80.8 Å². The number of hydrogen-bond acceptors (Lipinski definition) is 10. The smallest absolute Gasteiger partial charge is 0.405 e. The normalized spacial score (nSPS) is 26.5. The van der Waals surface area contributed by atoms with Gasteiger partial charge in [-0.25, -0.2) is 4.79 Å². The van der Waals surface area contributed by atoms with Crippen molar-refractivity contribution in [1.29, 1.82) is 0 Å². The van der Waals surface area contributed by atoms with Crippen molar-refractivity contribution in [2.24, 2.45) is 17.6 Å². The number of amides is 3. The summed E-state index contributed by atoms with van der Waals surface area (Å²) in [6.07, 6.45) is 10.2. The summed E-state index contributed by atoms with van der Waals surface area (Å²) in [5, 5.41) is 20.1. The molecule has 0 unspecified atom stereocenters. The van der Waals surface area contributed by atoms with Crippen molar-refractivity contribution in [3.8, 4) is 0 Å². The zero-order valence-corrected chi connectivity index (χ0v) is 34.3. The Balaban J connectivity index is 1.75. The Kier molecular flexibility index (Phi) is 18.8. The Morgan fingerprint density at radius 2 is 1.74 bits per heavy atom. The van der Waals surface area contributed by atoms with Crippen molar-refractivity contribution < 1.29 is 43.3 Å². The summed E-state index contributed by atoms with van der Waals surface area (Å²) in [4.78, 5) is 64.8. The molecule has 0 saturated heterocycles. The van der Waals surface area contributed by atoms with Crippen LogP contribution in [0, 0.1) is 18.8 Å². The SMILES string of the molecule is CO[C@H]1/C=C\C=C(/C)C(=O)NC2=CC(=O)C(NCCCCCCNC(=O)/C=C/c3cccc(C)c3)=C(C[C@@H](C)C[C@H](OC)[C@H](O)[C@@H](C)/C=C(\C)[C@@H]1OC(N)=O)C2=O. The van der Waals surface area contributed by atoms with Crippen molar-refractivity contribution >= 4 is 35.6 Å². The van der Waals surface area contributed by atoms with E-state index in [1.807, 2.05) is 45.0 Å². The molecule has 1 aromatic rings. The maximum atomic E-state index is 14.0. The van der Waals surface area contributed by atoms with Gasteiger partial charge in [0.15, 0.2) is 6.10 Å². The first-order valence-corrected chi connectivity index (χ1v) is 19.5. The van der Waals surface area contributed by atoms with E-state index >= 15 is 0 Å². The zero-order chi connectivity index (χ0) is 42.1. The lowest BCUT2D eigenvalue weighted by molar-refractivity contribution is -0.120. The highest BCUT2D eigenvalue weighted by atomic mass is 16.6. The molecule has 3 rings (SSSR count). The number of methoxy groups -OCH3 is 2. The summed E-state index contributed by atoms with van der Waals surface area (Å²) in [5.74, 6) is -2.34. The van der Waals surface area contributed by atoms with Gasteiger partial charge in [-0.15, -0.1) is 0 Å². The number of nitrogens with two attached hydrogens (primary N) is 1. The van der Waals surface area contributed by atoms with Gasteiger partial charge in [0, 0.05) is 56.5 Å². The number of ether oxygens (including phenoxy) is 3. The topological polar surface area (TPSA) is 195 Å². The number of carbonyl (C=O) groups is 5. The molecule has 0 fully saturated rings. The van der Waals surface area contributed by atoms with E-state index in [1.165, 1.54) is 26.4 Å². The standard InChI is InChI=1S/C44H60N4O9/c1-27-14-12-16-32(22-27)18-19-38(50)46-20-10-8-9-11-21-47-39-33-23-28(2)24-37(56-7)40(51)30(4)25-31(5)42(57-44(45)54)36(55-6)17-13-15-29(3)43(53)48-34(41(33)52)26-35(39)49/h12-19,22,25-26,28,30,36-37,40,42,47,51H,8-11,20-21,23-24H2,1-7H3,(H2,45,54)(H,46,50)(H,48,53)/b17-13-,19-18+,29-15+,31-25+/t28-,30+,36+,37+,40-,42+/m1/s1. The van der Waals surface area contributed by atoms with Gasteiger partial charge in [0.1, 0.15) is 6.10 Å². The second-order valence-corrected chi connectivity index (χ2v) is 14.8. The summed E-state index contributed by atoms with van der Waals surface area (Å²) >= 11 is 0. The fraction of sp³-hybridized carbons (Fsp3) is 0.477. The van der Waals surface area contributed by atoms with Crippen LogP contribution in [0.15, 0.2) is 88.8 Å². The molecule has 13 heteroatoms. The molecule has 2 bridgehead atoms. The van der Waals surface area contributed by atoms with Crippen LogP contribution in [0.2, 0.25) is 0 Å².